The second-order valence-corrected chi connectivity index (χ2v) is 8.36. The lowest BCUT2D eigenvalue weighted by Crippen LogP contribution is -2.35. The van der Waals surface area contributed by atoms with Gasteiger partial charge in [0.2, 0.25) is 0 Å². The largest absolute Gasteiger partial charge is 0.490 e. The molecule has 1 saturated carbocycles. The van der Waals surface area contributed by atoms with Gasteiger partial charge in [0.15, 0.2) is 10.9 Å². The minimum atomic E-state index is -0.771. The number of nitrogens with two attached hydrogens (primary N) is 1. The Hall–Kier alpha value is -0.760. The highest BCUT2D eigenvalue weighted by Crippen LogP contribution is 2.33. The van der Waals surface area contributed by atoms with E-state index in [9.17, 15) is 4.79 Å². The fourth-order valence-electron chi connectivity index (χ4n) is 2.09. The topological polar surface area (TPSA) is 74.4 Å². The van der Waals surface area contributed by atoms with Crippen LogP contribution in [0.4, 0.5) is 4.79 Å². The molecule has 0 spiro atoms. The van der Waals surface area contributed by atoms with E-state index in [4.69, 9.17) is 26.8 Å². The number of carbonyl (C=O) groups is 1. The smallest absolute Gasteiger partial charge is 0.404 e. The number of hydrogen-bond donors (Lipinski definition) is 1. The van der Waals surface area contributed by atoms with E-state index in [-0.39, 0.29) is 11.5 Å². The van der Waals surface area contributed by atoms with Gasteiger partial charge in [0.25, 0.3) is 0 Å². The first-order chi connectivity index (χ1) is 10.7. The first-order valence-corrected chi connectivity index (χ1v) is 9.06. The van der Waals surface area contributed by atoms with Crippen LogP contribution in [0.1, 0.15) is 39.2 Å². The summed E-state index contributed by atoms with van der Waals surface area (Å²) < 4.78 is 11.8. The van der Waals surface area contributed by atoms with E-state index >= 15 is 0 Å². The van der Waals surface area contributed by atoms with Crippen molar-refractivity contribution in [1.29, 1.82) is 0 Å². The third kappa shape index (κ3) is 5.67. The standard InChI is InChI=1S/C16H22ClIN2O3/c1-16(2,3)12(23-15(19)21)7-10-6-11(13(17)20-14(10)18)22-8-9-4-5-9/h6,9,12H,4-5,7-8H2,1-3H3,(H2,19,21). The minimum absolute atomic E-state index is 0.243. The Balaban J connectivity index is 2.18. The summed E-state index contributed by atoms with van der Waals surface area (Å²) in [4.78, 5) is 15.5. The molecule has 2 N–H and O–H groups in total. The van der Waals surface area contributed by atoms with Gasteiger partial charge in [-0.2, -0.15) is 0 Å². The zero-order valence-electron chi connectivity index (χ0n) is 13.6. The van der Waals surface area contributed by atoms with Crippen LogP contribution in [-0.4, -0.2) is 23.8 Å². The van der Waals surface area contributed by atoms with Crippen LogP contribution in [0.15, 0.2) is 6.07 Å². The van der Waals surface area contributed by atoms with Crippen LogP contribution in [0.2, 0.25) is 5.15 Å². The fourth-order valence-corrected chi connectivity index (χ4v) is 3.04. The maximum Gasteiger partial charge on any atom is 0.404 e. The zero-order chi connectivity index (χ0) is 17.2. The van der Waals surface area contributed by atoms with Crippen molar-refractivity contribution in [2.45, 2.75) is 46.1 Å². The molecule has 1 atom stereocenters. The molecule has 1 amide bonds. The van der Waals surface area contributed by atoms with E-state index in [1.165, 1.54) is 12.8 Å². The Labute approximate surface area is 155 Å². The molecule has 0 radical (unpaired) electrons. The maximum absolute atomic E-state index is 11.2. The molecule has 1 aliphatic rings. The van der Waals surface area contributed by atoms with Crippen LogP contribution < -0.4 is 10.5 Å². The second-order valence-electron chi connectivity index (χ2n) is 6.98. The van der Waals surface area contributed by atoms with Gasteiger partial charge in [-0.15, -0.1) is 0 Å². The van der Waals surface area contributed by atoms with Gasteiger partial charge in [0.05, 0.1) is 6.61 Å². The summed E-state index contributed by atoms with van der Waals surface area (Å²) in [6.07, 6.45) is 1.80. The molecule has 0 saturated heterocycles. The van der Waals surface area contributed by atoms with Crippen LogP contribution in [0.5, 0.6) is 5.75 Å². The molecule has 1 aromatic heterocycles. The summed E-state index contributed by atoms with van der Waals surface area (Å²) in [5.41, 5.74) is 5.89. The third-order valence-corrected chi connectivity index (χ3v) is 4.98. The Morgan fingerprint density at radius 2 is 2.17 bits per heavy atom. The SMILES string of the molecule is CC(C)(C)C(Cc1cc(OCC2CC2)c(Cl)nc1I)OC(N)=O. The molecular formula is C16H22ClIN2O3. The molecule has 1 fully saturated rings. The van der Waals surface area contributed by atoms with E-state index in [1.54, 1.807) is 0 Å². The summed E-state index contributed by atoms with van der Waals surface area (Å²) in [7, 11) is 0. The molecule has 1 aromatic rings. The fraction of sp³-hybridized carbons (Fsp3) is 0.625. The van der Waals surface area contributed by atoms with Crippen molar-refractivity contribution in [2.24, 2.45) is 17.1 Å². The normalized spacial score (nSPS) is 16.0. The molecule has 5 nitrogen and oxygen atoms in total. The van der Waals surface area contributed by atoms with Gasteiger partial charge in [-0.05, 0) is 58.4 Å². The van der Waals surface area contributed by atoms with Gasteiger partial charge in [-0.25, -0.2) is 9.78 Å². The minimum Gasteiger partial charge on any atom is -0.490 e. The van der Waals surface area contributed by atoms with Crippen LogP contribution in [0.3, 0.4) is 0 Å². The lowest BCUT2D eigenvalue weighted by atomic mass is 9.85. The van der Waals surface area contributed by atoms with Crippen molar-refractivity contribution in [3.63, 3.8) is 0 Å². The molecule has 7 heteroatoms. The number of carbonyl (C=O) groups excluding carboxylic acids is 1. The van der Waals surface area contributed by atoms with E-state index in [0.29, 0.717) is 29.8 Å². The Bertz CT molecular complexity index is 585. The lowest BCUT2D eigenvalue weighted by molar-refractivity contribution is 0.0372. The Kier molecular flexibility index (Phi) is 5.99. The zero-order valence-corrected chi connectivity index (χ0v) is 16.5. The molecule has 1 aliphatic carbocycles. The van der Waals surface area contributed by atoms with Crippen molar-refractivity contribution in [3.05, 3.63) is 20.5 Å². The highest BCUT2D eigenvalue weighted by atomic mass is 127. The molecule has 128 valence electrons. The predicted molar refractivity (Wildman–Crippen MR) is 97.8 cm³/mol. The monoisotopic (exact) mass is 452 g/mol. The molecule has 0 aromatic carbocycles. The van der Waals surface area contributed by atoms with Crippen molar-refractivity contribution < 1.29 is 14.3 Å². The number of ether oxygens (including phenoxy) is 2. The number of rotatable bonds is 6. The number of aromatic nitrogens is 1. The van der Waals surface area contributed by atoms with Crippen molar-refractivity contribution in [3.8, 4) is 5.75 Å². The first kappa shape index (κ1) is 18.6. The molecular weight excluding hydrogens is 431 g/mol. The number of primary amides is 1. The first-order valence-electron chi connectivity index (χ1n) is 7.60. The summed E-state index contributed by atoms with van der Waals surface area (Å²) in [6, 6.07) is 1.89. The van der Waals surface area contributed by atoms with Crippen molar-refractivity contribution in [1.82, 2.24) is 4.98 Å². The summed E-state index contributed by atoms with van der Waals surface area (Å²) in [5, 5.41) is 0.363. The maximum atomic E-state index is 11.2. The Morgan fingerprint density at radius 1 is 1.52 bits per heavy atom. The third-order valence-electron chi connectivity index (χ3n) is 3.77. The van der Waals surface area contributed by atoms with Gasteiger partial charge in [0, 0.05) is 6.42 Å². The second kappa shape index (κ2) is 7.42. The van der Waals surface area contributed by atoms with E-state index in [0.717, 1.165) is 9.26 Å². The van der Waals surface area contributed by atoms with Crippen LogP contribution in [-0.2, 0) is 11.2 Å². The number of pyridine rings is 1. The van der Waals surface area contributed by atoms with Crippen LogP contribution in [0.25, 0.3) is 0 Å². The number of hydrogen-bond acceptors (Lipinski definition) is 4. The highest BCUT2D eigenvalue weighted by Gasteiger charge is 2.29. The molecule has 0 aliphatic heterocycles. The number of amides is 1. The van der Waals surface area contributed by atoms with Gasteiger partial charge >= 0.3 is 6.09 Å². The van der Waals surface area contributed by atoms with E-state index < -0.39 is 6.09 Å². The predicted octanol–water partition coefficient (Wildman–Crippen LogP) is 4.18. The number of halogens is 2. The number of nitrogens with zero attached hydrogens (tertiary/aromatic N) is 1. The van der Waals surface area contributed by atoms with Crippen molar-refractivity contribution in [2.75, 3.05) is 6.61 Å². The quantitative estimate of drug-likeness (QED) is 0.519. The van der Waals surface area contributed by atoms with Gasteiger partial charge in [-0.1, -0.05) is 32.4 Å². The van der Waals surface area contributed by atoms with Gasteiger partial charge in [-0.3, -0.25) is 0 Å². The van der Waals surface area contributed by atoms with E-state index in [2.05, 4.69) is 27.6 Å². The summed E-state index contributed by atoms with van der Waals surface area (Å²) >= 11 is 8.30. The van der Waals surface area contributed by atoms with E-state index in [1.807, 2.05) is 26.8 Å². The lowest BCUT2D eigenvalue weighted by Gasteiger charge is -2.30. The molecule has 1 unspecified atom stereocenters. The van der Waals surface area contributed by atoms with Crippen LogP contribution >= 0.6 is 34.2 Å². The average molecular weight is 453 g/mol. The van der Waals surface area contributed by atoms with Gasteiger partial charge in [0.1, 0.15) is 9.80 Å². The average Bonchev–Trinajstić information content (AvgIpc) is 3.22. The molecule has 0 bridgehead atoms. The molecule has 1 heterocycles. The summed E-state index contributed by atoms with van der Waals surface area (Å²) in [6.45, 7) is 6.67. The highest BCUT2D eigenvalue weighted by molar-refractivity contribution is 14.1. The van der Waals surface area contributed by atoms with Gasteiger partial charge < -0.3 is 15.2 Å². The van der Waals surface area contributed by atoms with Crippen LogP contribution in [0, 0.1) is 15.0 Å². The Morgan fingerprint density at radius 3 is 2.70 bits per heavy atom. The molecule has 23 heavy (non-hydrogen) atoms. The van der Waals surface area contributed by atoms with Crippen molar-refractivity contribution >= 4 is 40.3 Å². The summed E-state index contributed by atoms with van der Waals surface area (Å²) in [5.74, 6) is 1.22. The molecule has 2 rings (SSSR count).